The first kappa shape index (κ1) is 16.3. The number of carbonyl (C=O) groups is 1. The van der Waals surface area contributed by atoms with Gasteiger partial charge in [-0.2, -0.15) is 0 Å². The van der Waals surface area contributed by atoms with Crippen molar-refractivity contribution in [3.8, 4) is 11.3 Å². The van der Waals surface area contributed by atoms with Crippen LogP contribution in [-0.2, 0) is 0 Å². The molecular formula is C20H18FN3O2. The molecule has 1 saturated heterocycles. The van der Waals surface area contributed by atoms with E-state index in [0.717, 1.165) is 24.3 Å². The maximum absolute atomic E-state index is 13.0. The molecule has 2 aromatic heterocycles. The van der Waals surface area contributed by atoms with E-state index in [1.165, 1.54) is 12.1 Å². The highest BCUT2D eigenvalue weighted by Crippen LogP contribution is 2.24. The molecule has 1 aromatic carbocycles. The van der Waals surface area contributed by atoms with E-state index in [1.54, 1.807) is 41.6 Å². The Bertz CT molecular complexity index is 885. The highest BCUT2D eigenvalue weighted by atomic mass is 19.1. The lowest BCUT2D eigenvalue weighted by Gasteiger charge is -2.35. The first-order valence-electron chi connectivity index (χ1n) is 8.51. The average Bonchev–Trinajstić information content (AvgIpc) is 3.19. The first-order chi connectivity index (χ1) is 12.7. The standard InChI is InChI=1S/C20H18FN3O2/c21-16-3-1-15(2-4-16)18-5-6-19(26-18)20(25)24-13-11-23(12-14-24)17-7-9-22-10-8-17/h1-10H,11-14H2. The number of pyridine rings is 1. The fraction of sp³-hybridized carbons (Fsp3) is 0.200. The van der Waals surface area contributed by atoms with E-state index in [0.29, 0.717) is 24.6 Å². The summed E-state index contributed by atoms with van der Waals surface area (Å²) in [7, 11) is 0. The van der Waals surface area contributed by atoms with Crippen molar-refractivity contribution in [2.24, 2.45) is 0 Å². The molecule has 0 atom stereocenters. The number of anilines is 1. The normalized spacial score (nSPS) is 14.5. The summed E-state index contributed by atoms with van der Waals surface area (Å²) < 4.78 is 18.7. The van der Waals surface area contributed by atoms with Crippen LogP contribution in [-0.4, -0.2) is 42.0 Å². The minimum atomic E-state index is -0.302. The molecule has 0 bridgehead atoms. The van der Waals surface area contributed by atoms with E-state index in [4.69, 9.17) is 4.42 Å². The Morgan fingerprint density at radius 1 is 0.923 bits per heavy atom. The van der Waals surface area contributed by atoms with Crippen molar-refractivity contribution in [1.82, 2.24) is 9.88 Å². The van der Waals surface area contributed by atoms with Gasteiger partial charge in [0.2, 0.25) is 0 Å². The van der Waals surface area contributed by atoms with Gasteiger partial charge in [-0.15, -0.1) is 0 Å². The predicted octanol–water partition coefficient (Wildman–Crippen LogP) is 3.44. The lowest BCUT2D eigenvalue weighted by Crippen LogP contribution is -2.48. The lowest BCUT2D eigenvalue weighted by molar-refractivity contribution is 0.0715. The molecule has 4 rings (SSSR count). The molecule has 0 unspecified atom stereocenters. The number of rotatable bonds is 3. The summed E-state index contributed by atoms with van der Waals surface area (Å²) in [6.45, 7) is 2.80. The number of nitrogens with zero attached hydrogens (tertiary/aromatic N) is 3. The third-order valence-electron chi connectivity index (χ3n) is 4.54. The van der Waals surface area contributed by atoms with Crippen LogP contribution >= 0.6 is 0 Å². The van der Waals surface area contributed by atoms with Crippen molar-refractivity contribution in [2.45, 2.75) is 0 Å². The molecule has 1 amide bonds. The molecule has 5 nitrogen and oxygen atoms in total. The van der Waals surface area contributed by atoms with Gasteiger partial charge < -0.3 is 14.2 Å². The van der Waals surface area contributed by atoms with Gasteiger partial charge in [-0.25, -0.2) is 4.39 Å². The highest BCUT2D eigenvalue weighted by molar-refractivity contribution is 5.92. The molecule has 132 valence electrons. The summed E-state index contributed by atoms with van der Waals surface area (Å²) in [4.78, 5) is 20.7. The number of halogens is 1. The molecule has 1 aliphatic heterocycles. The van der Waals surface area contributed by atoms with Crippen LogP contribution in [0.25, 0.3) is 11.3 Å². The fourth-order valence-electron chi connectivity index (χ4n) is 3.10. The second-order valence-corrected chi connectivity index (χ2v) is 6.16. The number of benzene rings is 1. The summed E-state index contributed by atoms with van der Waals surface area (Å²) in [6, 6.07) is 13.4. The number of furan rings is 1. The van der Waals surface area contributed by atoms with Crippen molar-refractivity contribution in [2.75, 3.05) is 31.1 Å². The smallest absolute Gasteiger partial charge is 0.289 e. The van der Waals surface area contributed by atoms with Gasteiger partial charge in [0.15, 0.2) is 5.76 Å². The number of hydrogen-bond donors (Lipinski definition) is 0. The second kappa shape index (κ2) is 7.00. The average molecular weight is 351 g/mol. The third-order valence-corrected chi connectivity index (χ3v) is 4.54. The van der Waals surface area contributed by atoms with Crippen molar-refractivity contribution in [1.29, 1.82) is 0 Å². The van der Waals surface area contributed by atoms with Crippen molar-refractivity contribution >= 4 is 11.6 Å². The summed E-state index contributed by atoms with van der Waals surface area (Å²) in [5.74, 6) is 0.446. The number of piperazine rings is 1. The van der Waals surface area contributed by atoms with Gasteiger partial charge in [0, 0.05) is 49.8 Å². The lowest BCUT2D eigenvalue weighted by atomic mass is 10.2. The molecule has 6 heteroatoms. The Labute approximate surface area is 150 Å². The summed E-state index contributed by atoms with van der Waals surface area (Å²) in [5.41, 5.74) is 1.86. The van der Waals surface area contributed by atoms with Gasteiger partial charge in [-0.3, -0.25) is 9.78 Å². The summed E-state index contributed by atoms with van der Waals surface area (Å²) in [6.07, 6.45) is 3.54. The Kier molecular flexibility index (Phi) is 4.39. The molecule has 0 spiro atoms. The molecule has 3 aromatic rings. The molecule has 0 saturated carbocycles. The number of carbonyl (C=O) groups excluding carboxylic acids is 1. The summed E-state index contributed by atoms with van der Waals surface area (Å²) >= 11 is 0. The zero-order valence-corrected chi connectivity index (χ0v) is 14.1. The molecular weight excluding hydrogens is 333 g/mol. The Morgan fingerprint density at radius 3 is 2.31 bits per heavy atom. The van der Waals surface area contributed by atoms with Crippen LogP contribution < -0.4 is 4.90 Å². The fourth-order valence-corrected chi connectivity index (χ4v) is 3.10. The maximum Gasteiger partial charge on any atom is 0.289 e. The van der Waals surface area contributed by atoms with Gasteiger partial charge in [0.25, 0.3) is 5.91 Å². The largest absolute Gasteiger partial charge is 0.451 e. The molecule has 3 heterocycles. The van der Waals surface area contributed by atoms with Gasteiger partial charge in [0.1, 0.15) is 11.6 Å². The van der Waals surface area contributed by atoms with E-state index < -0.39 is 0 Å². The summed E-state index contributed by atoms with van der Waals surface area (Å²) in [5, 5.41) is 0. The highest BCUT2D eigenvalue weighted by Gasteiger charge is 2.24. The Hall–Kier alpha value is -3.15. The van der Waals surface area contributed by atoms with Crippen molar-refractivity contribution in [3.63, 3.8) is 0 Å². The van der Waals surface area contributed by atoms with Crippen LogP contribution in [0.3, 0.4) is 0 Å². The monoisotopic (exact) mass is 351 g/mol. The van der Waals surface area contributed by atoms with Gasteiger partial charge in [-0.05, 0) is 48.5 Å². The Balaban J connectivity index is 1.42. The van der Waals surface area contributed by atoms with E-state index in [2.05, 4.69) is 9.88 Å². The molecule has 1 aliphatic rings. The minimum absolute atomic E-state index is 0.118. The SMILES string of the molecule is O=C(c1ccc(-c2ccc(F)cc2)o1)N1CCN(c2ccncc2)CC1. The van der Waals surface area contributed by atoms with E-state index in [-0.39, 0.29) is 11.7 Å². The minimum Gasteiger partial charge on any atom is -0.451 e. The topological polar surface area (TPSA) is 49.6 Å². The number of amides is 1. The first-order valence-corrected chi connectivity index (χ1v) is 8.51. The van der Waals surface area contributed by atoms with Crippen LogP contribution in [0.1, 0.15) is 10.6 Å². The van der Waals surface area contributed by atoms with Gasteiger partial charge >= 0.3 is 0 Å². The Morgan fingerprint density at radius 2 is 1.62 bits per heavy atom. The molecule has 26 heavy (non-hydrogen) atoms. The van der Waals surface area contributed by atoms with Crippen molar-refractivity contribution < 1.29 is 13.6 Å². The predicted molar refractivity (Wildman–Crippen MR) is 96.5 cm³/mol. The van der Waals surface area contributed by atoms with Gasteiger partial charge in [-0.1, -0.05) is 0 Å². The molecule has 0 aliphatic carbocycles. The van der Waals surface area contributed by atoms with Crippen LogP contribution in [0, 0.1) is 5.82 Å². The zero-order chi connectivity index (χ0) is 17.9. The molecule has 0 N–H and O–H groups in total. The van der Waals surface area contributed by atoms with Gasteiger partial charge in [0.05, 0.1) is 0 Å². The van der Waals surface area contributed by atoms with Crippen molar-refractivity contribution in [3.05, 3.63) is 72.5 Å². The maximum atomic E-state index is 13.0. The van der Waals surface area contributed by atoms with E-state index in [9.17, 15) is 9.18 Å². The third kappa shape index (κ3) is 3.31. The molecule has 0 radical (unpaired) electrons. The van der Waals surface area contributed by atoms with Crippen LogP contribution in [0.15, 0.2) is 65.3 Å². The second-order valence-electron chi connectivity index (χ2n) is 6.16. The van der Waals surface area contributed by atoms with E-state index >= 15 is 0 Å². The quantitative estimate of drug-likeness (QED) is 0.725. The molecule has 1 fully saturated rings. The van der Waals surface area contributed by atoms with Crippen LogP contribution in [0.2, 0.25) is 0 Å². The van der Waals surface area contributed by atoms with Crippen LogP contribution in [0.4, 0.5) is 10.1 Å². The number of aromatic nitrogens is 1. The van der Waals surface area contributed by atoms with Crippen LogP contribution in [0.5, 0.6) is 0 Å². The van der Waals surface area contributed by atoms with E-state index in [1.807, 2.05) is 12.1 Å². The zero-order valence-electron chi connectivity index (χ0n) is 14.1. The number of hydrogen-bond acceptors (Lipinski definition) is 4.